The van der Waals surface area contributed by atoms with Gasteiger partial charge in [0.15, 0.2) is 9.84 Å². The normalized spacial score (nSPS) is 17.4. The molecule has 1 aromatic rings. The fraction of sp³-hybridized carbons (Fsp3) is 0.385. The highest BCUT2D eigenvalue weighted by atomic mass is 35.5. The first kappa shape index (κ1) is 18.5. The van der Waals surface area contributed by atoms with Crippen molar-refractivity contribution < 1.29 is 31.2 Å². The van der Waals surface area contributed by atoms with Crippen LogP contribution in [0.4, 0.5) is 23.7 Å². The number of carbonyl (C=O) groups excluding carboxylic acids is 2. The Bertz CT molecular complexity index is 766. The number of amides is 2. The SMILES string of the molecule is O=C(Cl)Nc1cc(C(F)(F)F)ccc1C(=O)N1CCS(=O)(=O)CC1. The van der Waals surface area contributed by atoms with Crippen molar-refractivity contribution in [1.29, 1.82) is 0 Å². The van der Waals surface area contributed by atoms with E-state index < -0.39 is 32.9 Å². The zero-order chi connectivity index (χ0) is 18.1. The lowest BCUT2D eigenvalue weighted by molar-refractivity contribution is -0.137. The molecule has 0 saturated carbocycles. The minimum Gasteiger partial charge on any atom is -0.337 e. The zero-order valence-electron chi connectivity index (χ0n) is 12.1. The van der Waals surface area contributed by atoms with Crippen LogP contribution in [-0.4, -0.2) is 49.2 Å². The summed E-state index contributed by atoms with van der Waals surface area (Å²) in [4.78, 5) is 24.6. The second-order valence-corrected chi connectivity index (χ2v) is 7.75. The number of rotatable bonds is 2. The molecule has 0 radical (unpaired) electrons. The molecule has 0 aliphatic carbocycles. The van der Waals surface area contributed by atoms with Crippen LogP contribution in [0.3, 0.4) is 0 Å². The quantitative estimate of drug-likeness (QED) is 0.626. The molecule has 132 valence electrons. The predicted octanol–water partition coefficient (Wildman–Crippen LogP) is 2.35. The molecule has 1 aliphatic rings. The standard InChI is InChI=1S/C13H12ClF3N2O4S/c14-12(21)18-10-7-8(13(15,16)17)1-2-9(10)11(20)19-3-5-24(22,23)6-4-19/h1-2,7H,3-6H2,(H,18,21). The highest BCUT2D eigenvalue weighted by molar-refractivity contribution is 7.91. The van der Waals surface area contributed by atoms with Crippen LogP contribution in [0, 0.1) is 0 Å². The first-order valence-corrected chi connectivity index (χ1v) is 8.87. The molecule has 1 N–H and O–H groups in total. The Hall–Kier alpha value is -1.81. The largest absolute Gasteiger partial charge is 0.416 e. The number of sulfone groups is 1. The summed E-state index contributed by atoms with van der Waals surface area (Å²) in [7, 11) is -3.22. The van der Waals surface area contributed by atoms with E-state index in [-0.39, 0.29) is 35.8 Å². The monoisotopic (exact) mass is 384 g/mol. The fourth-order valence-electron chi connectivity index (χ4n) is 2.20. The third-order valence-corrected chi connectivity index (χ3v) is 5.15. The van der Waals surface area contributed by atoms with Gasteiger partial charge in [0, 0.05) is 13.1 Å². The van der Waals surface area contributed by atoms with Crippen molar-refractivity contribution in [3.63, 3.8) is 0 Å². The smallest absolute Gasteiger partial charge is 0.337 e. The molecule has 0 aromatic heterocycles. The van der Waals surface area contributed by atoms with E-state index in [9.17, 15) is 31.2 Å². The highest BCUT2D eigenvalue weighted by Gasteiger charge is 2.33. The average Bonchev–Trinajstić information content (AvgIpc) is 2.45. The Balaban J connectivity index is 2.34. The number of benzene rings is 1. The first-order chi connectivity index (χ1) is 11.0. The van der Waals surface area contributed by atoms with Crippen molar-refractivity contribution in [3.05, 3.63) is 29.3 Å². The number of hydrogen-bond acceptors (Lipinski definition) is 4. The molecular formula is C13H12ClF3N2O4S. The van der Waals surface area contributed by atoms with Gasteiger partial charge in [-0.1, -0.05) is 0 Å². The van der Waals surface area contributed by atoms with Gasteiger partial charge in [-0.05, 0) is 29.8 Å². The van der Waals surface area contributed by atoms with Crippen LogP contribution < -0.4 is 5.32 Å². The molecule has 0 unspecified atom stereocenters. The van der Waals surface area contributed by atoms with Crippen molar-refractivity contribution in [2.45, 2.75) is 6.18 Å². The van der Waals surface area contributed by atoms with Crippen molar-refractivity contribution in [1.82, 2.24) is 4.90 Å². The average molecular weight is 385 g/mol. The summed E-state index contributed by atoms with van der Waals surface area (Å²) < 4.78 is 61.1. The molecule has 1 aliphatic heterocycles. The summed E-state index contributed by atoms with van der Waals surface area (Å²) >= 11 is 5.14. The van der Waals surface area contributed by atoms with E-state index in [0.29, 0.717) is 12.1 Å². The summed E-state index contributed by atoms with van der Waals surface area (Å²) in [5.74, 6) is -1.13. The fourth-order valence-corrected chi connectivity index (χ4v) is 3.51. The second kappa shape index (κ2) is 6.60. The van der Waals surface area contributed by atoms with E-state index in [2.05, 4.69) is 0 Å². The molecule has 1 heterocycles. The Morgan fingerprint density at radius 2 is 1.75 bits per heavy atom. The maximum absolute atomic E-state index is 12.8. The Labute approximate surface area is 140 Å². The second-order valence-electron chi connectivity index (χ2n) is 5.10. The number of halogens is 4. The molecule has 0 bridgehead atoms. The maximum Gasteiger partial charge on any atom is 0.416 e. The minimum atomic E-state index is -4.66. The maximum atomic E-state index is 12.8. The molecule has 0 atom stereocenters. The van der Waals surface area contributed by atoms with E-state index in [1.807, 2.05) is 5.32 Å². The Morgan fingerprint density at radius 1 is 1.17 bits per heavy atom. The van der Waals surface area contributed by atoms with Gasteiger partial charge in [-0.25, -0.2) is 8.42 Å². The number of nitrogens with zero attached hydrogens (tertiary/aromatic N) is 1. The van der Waals surface area contributed by atoms with Crippen LogP contribution in [0.5, 0.6) is 0 Å². The summed E-state index contributed by atoms with van der Waals surface area (Å²) in [6, 6.07) is 2.24. The third-order valence-electron chi connectivity index (χ3n) is 3.44. The molecule has 0 spiro atoms. The van der Waals surface area contributed by atoms with Gasteiger partial charge < -0.3 is 10.2 Å². The lowest BCUT2D eigenvalue weighted by Gasteiger charge is -2.27. The van der Waals surface area contributed by atoms with E-state index in [1.165, 1.54) is 4.90 Å². The van der Waals surface area contributed by atoms with Gasteiger partial charge >= 0.3 is 11.5 Å². The molecule has 24 heavy (non-hydrogen) atoms. The third kappa shape index (κ3) is 4.38. The Morgan fingerprint density at radius 3 is 2.25 bits per heavy atom. The minimum absolute atomic E-state index is 0.0730. The topological polar surface area (TPSA) is 83.6 Å². The molecule has 1 aromatic carbocycles. The molecule has 6 nitrogen and oxygen atoms in total. The van der Waals surface area contributed by atoms with E-state index in [4.69, 9.17) is 11.6 Å². The van der Waals surface area contributed by atoms with Crippen molar-refractivity contribution in [2.24, 2.45) is 0 Å². The van der Waals surface area contributed by atoms with Gasteiger partial charge in [-0.15, -0.1) is 0 Å². The number of hydrogen-bond donors (Lipinski definition) is 1. The molecule has 1 saturated heterocycles. The van der Waals surface area contributed by atoms with Gasteiger partial charge in [0.2, 0.25) is 0 Å². The van der Waals surface area contributed by atoms with E-state index in [1.54, 1.807) is 0 Å². The van der Waals surface area contributed by atoms with Crippen LogP contribution in [0.2, 0.25) is 0 Å². The van der Waals surface area contributed by atoms with Gasteiger partial charge in [0.25, 0.3) is 5.91 Å². The summed E-state index contributed by atoms with van der Waals surface area (Å²) in [5, 5.41) is 0.834. The van der Waals surface area contributed by atoms with Gasteiger partial charge in [0.1, 0.15) is 0 Å². The van der Waals surface area contributed by atoms with Gasteiger partial charge in [-0.3, -0.25) is 9.59 Å². The van der Waals surface area contributed by atoms with Crippen LogP contribution in [0.15, 0.2) is 18.2 Å². The summed E-state index contributed by atoms with van der Waals surface area (Å²) in [5.41, 5.74) is -1.64. The van der Waals surface area contributed by atoms with E-state index >= 15 is 0 Å². The van der Waals surface area contributed by atoms with E-state index in [0.717, 1.165) is 6.07 Å². The van der Waals surface area contributed by atoms with Crippen LogP contribution >= 0.6 is 11.6 Å². The first-order valence-electron chi connectivity index (χ1n) is 6.67. The summed E-state index contributed by atoms with van der Waals surface area (Å²) in [6.45, 7) is -0.146. The highest BCUT2D eigenvalue weighted by Crippen LogP contribution is 2.33. The molecular weight excluding hydrogens is 373 g/mol. The number of carbonyl (C=O) groups is 2. The van der Waals surface area contributed by atoms with Crippen LogP contribution in [0.1, 0.15) is 15.9 Å². The number of anilines is 1. The predicted molar refractivity (Wildman–Crippen MR) is 80.9 cm³/mol. The molecule has 2 rings (SSSR count). The van der Waals surface area contributed by atoms with Gasteiger partial charge in [-0.2, -0.15) is 13.2 Å². The molecule has 11 heteroatoms. The lowest BCUT2D eigenvalue weighted by atomic mass is 10.1. The molecule has 2 amide bonds. The van der Waals surface area contributed by atoms with Crippen molar-refractivity contribution in [2.75, 3.05) is 29.9 Å². The lowest BCUT2D eigenvalue weighted by Crippen LogP contribution is -2.44. The van der Waals surface area contributed by atoms with Gasteiger partial charge in [0.05, 0.1) is 28.3 Å². The Kier molecular flexibility index (Phi) is 5.09. The number of alkyl halides is 3. The van der Waals surface area contributed by atoms with Crippen LogP contribution in [0.25, 0.3) is 0 Å². The number of nitrogens with one attached hydrogen (secondary N) is 1. The van der Waals surface area contributed by atoms with Crippen molar-refractivity contribution in [3.8, 4) is 0 Å². The van der Waals surface area contributed by atoms with Crippen molar-refractivity contribution >= 4 is 38.4 Å². The van der Waals surface area contributed by atoms with Crippen LogP contribution in [-0.2, 0) is 16.0 Å². The zero-order valence-corrected chi connectivity index (χ0v) is 13.6. The molecule has 1 fully saturated rings. The summed E-state index contributed by atoms with van der Waals surface area (Å²) in [6.07, 6.45) is -4.66.